The molecule has 1 aromatic carbocycles. The van der Waals surface area contributed by atoms with E-state index < -0.39 is 0 Å². The fourth-order valence-electron chi connectivity index (χ4n) is 1.33. The molecule has 1 aromatic rings. The van der Waals surface area contributed by atoms with Crippen molar-refractivity contribution in [1.29, 1.82) is 0 Å². The number of hydrogen-bond donors (Lipinski definition) is 2. The summed E-state index contributed by atoms with van der Waals surface area (Å²) in [5.74, 6) is 0.621. The largest absolute Gasteiger partial charge is 0.324 e. The minimum atomic E-state index is -0.332. The van der Waals surface area contributed by atoms with E-state index in [0.717, 1.165) is 17.9 Å². The van der Waals surface area contributed by atoms with Gasteiger partial charge < -0.3 is 5.32 Å². The van der Waals surface area contributed by atoms with Crippen LogP contribution in [0.5, 0.6) is 0 Å². The number of nitrogens with zero attached hydrogens (tertiary/aromatic N) is 1. The predicted molar refractivity (Wildman–Crippen MR) is 71.9 cm³/mol. The van der Waals surface area contributed by atoms with Crippen molar-refractivity contribution in [3.8, 4) is 0 Å². The number of carbonyl (C=O) groups is 1. The van der Waals surface area contributed by atoms with Crippen molar-refractivity contribution in [3.05, 3.63) is 41.8 Å². The fourth-order valence-corrected chi connectivity index (χ4v) is 2.05. The van der Waals surface area contributed by atoms with Crippen molar-refractivity contribution in [2.24, 2.45) is 4.99 Å². The van der Waals surface area contributed by atoms with Crippen molar-refractivity contribution in [2.75, 3.05) is 12.3 Å². The molecule has 1 heterocycles. The number of hydrogen-bond acceptors (Lipinski definition) is 3. The highest BCUT2D eigenvalue weighted by atomic mass is 32.2. The van der Waals surface area contributed by atoms with E-state index >= 15 is 0 Å². The van der Waals surface area contributed by atoms with E-state index in [2.05, 4.69) is 15.6 Å². The van der Waals surface area contributed by atoms with E-state index in [1.54, 1.807) is 18.2 Å². The summed E-state index contributed by atoms with van der Waals surface area (Å²) in [5, 5.41) is 5.82. The van der Waals surface area contributed by atoms with Crippen molar-refractivity contribution < 1.29 is 9.18 Å². The number of nitrogens with one attached hydrogen (secondary N) is 2. The molecule has 2 N–H and O–H groups in total. The molecule has 0 radical (unpaired) electrons. The summed E-state index contributed by atoms with van der Waals surface area (Å²) in [6.45, 7) is 0.742. The molecule has 0 atom stereocenters. The molecule has 1 aliphatic heterocycles. The highest BCUT2D eigenvalue weighted by Gasteiger charge is 2.08. The Morgan fingerprint density at radius 2 is 2.17 bits per heavy atom. The fraction of sp³-hybridized carbons (Fsp3) is 0.167. The first-order valence-electron chi connectivity index (χ1n) is 5.41. The average molecular weight is 265 g/mol. The second-order valence-electron chi connectivity index (χ2n) is 3.52. The van der Waals surface area contributed by atoms with Crippen LogP contribution in [0.3, 0.4) is 0 Å². The molecule has 0 aliphatic carbocycles. The molecule has 18 heavy (non-hydrogen) atoms. The van der Waals surface area contributed by atoms with Crippen molar-refractivity contribution in [3.63, 3.8) is 0 Å². The van der Waals surface area contributed by atoms with Crippen LogP contribution in [0.25, 0.3) is 6.08 Å². The van der Waals surface area contributed by atoms with Crippen LogP contribution in [0, 0.1) is 5.82 Å². The first-order valence-corrected chi connectivity index (χ1v) is 6.39. The molecule has 4 nitrogen and oxygen atoms in total. The Kier molecular flexibility index (Phi) is 4.35. The number of urea groups is 1. The van der Waals surface area contributed by atoms with Gasteiger partial charge >= 0.3 is 6.03 Å². The first kappa shape index (κ1) is 12.6. The maximum atomic E-state index is 12.6. The lowest BCUT2D eigenvalue weighted by Crippen LogP contribution is -2.34. The SMILES string of the molecule is O=C(N/C=C/c1ccc(F)cc1)NC1=NCCS1. The Morgan fingerprint density at radius 1 is 1.39 bits per heavy atom. The number of carbonyl (C=O) groups excluding carboxylic acids is 1. The molecule has 0 unspecified atom stereocenters. The molecule has 94 valence electrons. The molecule has 1 aliphatic rings. The van der Waals surface area contributed by atoms with Gasteiger partial charge in [0.15, 0.2) is 5.17 Å². The van der Waals surface area contributed by atoms with Gasteiger partial charge in [-0.2, -0.15) is 0 Å². The van der Waals surface area contributed by atoms with Gasteiger partial charge in [-0.15, -0.1) is 0 Å². The van der Waals surface area contributed by atoms with Gasteiger partial charge in [0.25, 0.3) is 0 Å². The lowest BCUT2D eigenvalue weighted by molar-refractivity contribution is 0.248. The number of halogens is 1. The Labute approximate surface area is 108 Å². The Morgan fingerprint density at radius 3 is 2.83 bits per heavy atom. The predicted octanol–water partition coefficient (Wildman–Crippen LogP) is 2.20. The number of amidine groups is 1. The summed E-state index contributed by atoms with van der Waals surface area (Å²) in [6, 6.07) is 5.65. The quantitative estimate of drug-likeness (QED) is 0.861. The molecular weight excluding hydrogens is 253 g/mol. The molecule has 6 heteroatoms. The lowest BCUT2D eigenvalue weighted by atomic mass is 10.2. The van der Waals surface area contributed by atoms with E-state index in [4.69, 9.17) is 0 Å². The summed E-state index contributed by atoms with van der Waals surface area (Å²) in [7, 11) is 0. The smallest absolute Gasteiger partial charge is 0.314 e. The van der Waals surface area contributed by atoms with Gasteiger partial charge in [0.1, 0.15) is 5.82 Å². The van der Waals surface area contributed by atoms with Crippen LogP contribution in [0.2, 0.25) is 0 Å². The zero-order valence-electron chi connectivity index (χ0n) is 9.52. The van der Waals surface area contributed by atoms with Crippen LogP contribution in [-0.4, -0.2) is 23.5 Å². The van der Waals surface area contributed by atoms with Crippen molar-refractivity contribution in [1.82, 2.24) is 10.6 Å². The van der Waals surface area contributed by atoms with Crippen LogP contribution in [0.1, 0.15) is 5.56 Å². The van der Waals surface area contributed by atoms with Crippen LogP contribution in [0.4, 0.5) is 9.18 Å². The highest BCUT2D eigenvalue weighted by molar-refractivity contribution is 8.14. The Balaban J connectivity index is 1.79. The summed E-state index contributed by atoms with van der Waals surface area (Å²) in [4.78, 5) is 15.5. The van der Waals surface area contributed by atoms with Gasteiger partial charge in [-0.1, -0.05) is 23.9 Å². The number of benzene rings is 1. The number of thioether (sulfide) groups is 1. The second-order valence-corrected chi connectivity index (χ2v) is 4.60. The van der Waals surface area contributed by atoms with Crippen LogP contribution in [0.15, 0.2) is 35.5 Å². The second kappa shape index (κ2) is 6.20. The van der Waals surface area contributed by atoms with Gasteiger partial charge in [0.05, 0.1) is 6.54 Å². The molecule has 0 saturated heterocycles. The number of aliphatic imine (C=N–C) groups is 1. The van der Waals surface area contributed by atoms with Gasteiger partial charge in [0, 0.05) is 12.0 Å². The summed E-state index contributed by atoms with van der Waals surface area (Å²) in [6.07, 6.45) is 3.19. The molecule has 2 rings (SSSR count). The molecule has 0 saturated carbocycles. The standard InChI is InChI=1S/C12H12FN3OS/c13-10-3-1-9(2-4-10)5-6-14-11(17)16-12-15-7-8-18-12/h1-6H,7-8H2,(H2,14,15,16,17)/b6-5+. The lowest BCUT2D eigenvalue weighted by Gasteiger charge is -2.02. The van der Waals surface area contributed by atoms with E-state index in [1.807, 2.05) is 0 Å². The van der Waals surface area contributed by atoms with Crippen LogP contribution < -0.4 is 10.6 Å². The third kappa shape index (κ3) is 3.89. The maximum absolute atomic E-state index is 12.6. The third-order valence-electron chi connectivity index (χ3n) is 2.17. The topological polar surface area (TPSA) is 53.5 Å². The normalized spacial score (nSPS) is 14.6. The van der Waals surface area contributed by atoms with Crippen LogP contribution >= 0.6 is 11.8 Å². The van der Waals surface area contributed by atoms with Gasteiger partial charge in [0.2, 0.25) is 0 Å². The third-order valence-corrected chi connectivity index (χ3v) is 3.06. The minimum absolute atomic E-state index is 0.283. The molecule has 0 fully saturated rings. The Hall–Kier alpha value is -1.82. The van der Waals surface area contributed by atoms with Crippen LogP contribution in [-0.2, 0) is 0 Å². The number of rotatable bonds is 2. The highest BCUT2D eigenvalue weighted by Crippen LogP contribution is 2.08. The minimum Gasteiger partial charge on any atom is -0.314 e. The maximum Gasteiger partial charge on any atom is 0.324 e. The Bertz CT molecular complexity index is 485. The van der Waals surface area contributed by atoms with E-state index in [1.165, 1.54) is 30.1 Å². The van der Waals surface area contributed by atoms with Gasteiger partial charge in [-0.25, -0.2) is 9.18 Å². The van der Waals surface area contributed by atoms with E-state index in [0.29, 0.717) is 5.17 Å². The van der Waals surface area contributed by atoms with Crippen molar-refractivity contribution >= 4 is 29.0 Å². The molecule has 0 spiro atoms. The first-order chi connectivity index (χ1) is 8.74. The number of amides is 2. The zero-order chi connectivity index (χ0) is 12.8. The molecular formula is C12H12FN3OS. The zero-order valence-corrected chi connectivity index (χ0v) is 10.3. The van der Waals surface area contributed by atoms with Crippen molar-refractivity contribution in [2.45, 2.75) is 0 Å². The average Bonchev–Trinajstić information content (AvgIpc) is 2.84. The van der Waals surface area contributed by atoms with E-state index in [9.17, 15) is 9.18 Å². The van der Waals surface area contributed by atoms with Gasteiger partial charge in [-0.3, -0.25) is 10.3 Å². The van der Waals surface area contributed by atoms with E-state index in [-0.39, 0.29) is 11.8 Å². The molecule has 2 amide bonds. The monoisotopic (exact) mass is 265 g/mol. The molecule has 0 aromatic heterocycles. The summed E-state index contributed by atoms with van der Waals surface area (Å²) >= 11 is 1.51. The summed E-state index contributed by atoms with van der Waals surface area (Å²) in [5.41, 5.74) is 0.810. The summed E-state index contributed by atoms with van der Waals surface area (Å²) < 4.78 is 12.6. The van der Waals surface area contributed by atoms with Gasteiger partial charge in [-0.05, 0) is 23.8 Å². The molecule has 0 bridgehead atoms.